The van der Waals surface area contributed by atoms with Gasteiger partial charge in [0.05, 0.1) is 10.2 Å². The number of carbonyl (C=O) groups is 1. The Labute approximate surface area is 118 Å². The quantitative estimate of drug-likeness (QED) is 0.711. The van der Waals surface area contributed by atoms with Crippen LogP contribution >= 0.6 is 11.3 Å². The molecule has 3 N–H and O–H groups in total. The molecule has 1 amide bonds. The van der Waals surface area contributed by atoms with E-state index in [9.17, 15) is 9.18 Å². The number of fused-ring (bicyclic) bond motifs is 1. The number of anilines is 2. The maximum atomic E-state index is 13.1. The standard InChI is InChI=1S/C14H10FN3OS/c15-9-3-1-2-8(6-9)13(19)18-14-17-11-5-4-10(16)7-12(11)20-14/h1-7H,16H2,(H,17,18,19). The lowest BCUT2D eigenvalue weighted by atomic mass is 10.2. The van der Waals surface area contributed by atoms with E-state index in [4.69, 9.17) is 5.73 Å². The van der Waals surface area contributed by atoms with Crippen molar-refractivity contribution in [1.29, 1.82) is 0 Å². The number of benzene rings is 2. The Balaban J connectivity index is 1.87. The normalized spacial score (nSPS) is 10.7. The number of nitrogens with zero attached hydrogens (tertiary/aromatic N) is 1. The van der Waals surface area contributed by atoms with Gasteiger partial charge in [-0.05, 0) is 36.4 Å². The van der Waals surface area contributed by atoms with Crippen molar-refractivity contribution in [2.45, 2.75) is 0 Å². The van der Waals surface area contributed by atoms with Gasteiger partial charge in [0.25, 0.3) is 5.91 Å². The number of nitrogens with two attached hydrogens (primary N) is 1. The molecule has 0 bridgehead atoms. The Morgan fingerprint density at radius 3 is 2.90 bits per heavy atom. The molecule has 3 rings (SSSR count). The zero-order valence-electron chi connectivity index (χ0n) is 10.3. The average Bonchev–Trinajstić information content (AvgIpc) is 2.80. The van der Waals surface area contributed by atoms with E-state index in [1.807, 2.05) is 0 Å². The van der Waals surface area contributed by atoms with Crippen LogP contribution in [0.5, 0.6) is 0 Å². The molecule has 0 fully saturated rings. The molecule has 6 heteroatoms. The van der Waals surface area contributed by atoms with E-state index in [0.29, 0.717) is 10.8 Å². The highest BCUT2D eigenvalue weighted by Crippen LogP contribution is 2.27. The summed E-state index contributed by atoms with van der Waals surface area (Å²) in [6, 6.07) is 10.8. The fourth-order valence-corrected chi connectivity index (χ4v) is 2.70. The first-order chi connectivity index (χ1) is 9.61. The number of halogens is 1. The van der Waals surface area contributed by atoms with Crippen LogP contribution in [-0.4, -0.2) is 10.9 Å². The van der Waals surface area contributed by atoms with Crippen LogP contribution in [0, 0.1) is 5.82 Å². The van der Waals surface area contributed by atoms with E-state index in [0.717, 1.165) is 10.2 Å². The molecule has 2 aromatic carbocycles. The molecule has 0 aliphatic carbocycles. The van der Waals surface area contributed by atoms with Gasteiger partial charge in [-0.15, -0.1) is 0 Å². The zero-order valence-corrected chi connectivity index (χ0v) is 11.1. The highest BCUT2D eigenvalue weighted by atomic mass is 32.1. The molecule has 0 unspecified atom stereocenters. The Morgan fingerprint density at radius 2 is 2.10 bits per heavy atom. The minimum atomic E-state index is -0.449. The van der Waals surface area contributed by atoms with Crippen molar-refractivity contribution < 1.29 is 9.18 Å². The lowest BCUT2D eigenvalue weighted by molar-refractivity contribution is 0.102. The number of rotatable bonds is 2. The molecule has 1 aromatic heterocycles. The van der Waals surface area contributed by atoms with Gasteiger partial charge in [-0.25, -0.2) is 9.37 Å². The highest BCUT2D eigenvalue weighted by Gasteiger charge is 2.10. The molecule has 0 spiro atoms. The number of hydrogen-bond acceptors (Lipinski definition) is 4. The van der Waals surface area contributed by atoms with Gasteiger partial charge in [-0.2, -0.15) is 0 Å². The van der Waals surface area contributed by atoms with Crippen LogP contribution in [0.3, 0.4) is 0 Å². The maximum Gasteiger partial charge on any atom is 0.257 e. The zero-order chi connectivity index (χ0) is 14.1. The Hall–Kier alpha value is -2.47. The number of nitrogens with one attached hydrogen (secondary N) is 1. The van der Waals surface area contributed by atoms with Gasteiger partial charge in [0.2, 0.25) is 0 Å². The van der Waals surface area contributed by atoms with Gasteiger partial charge in [0.15, 0.2) is 5.13 Å². The molecule has 20 heavy (non-hydrogen) atoms. The average molecular weight is 287 g/mol. The van der Waals surface area contributed by atoms with Crippen LogP contribution in [0.4, 0.5) is 15.2 Å². The van der Waals surface area contributed by atoms with Gasteiger partial charge < -0.3 is 5.73 Å². The lowest BCUT2D eigenvalue weighted by Gasteiger charge is -2.00. The summed E-state index contributed by atoms with van der Waals surface area (Å²) in [6.07, 6.45) is 0. The number of amides is 1. The molecule has 4 nitrogen and oxygen atoms in total. The van der Waals surface area contributed by atoms with Crippen LogP contribution in [0.2, 0.25) is 0 Å². The summed E-state index contributed by atoms with van der Waals surface area (Å²) >= 11 is 1.32. The van der Waals surface area contributed by atoms with Crippen molar-refractivity contribution in [3.05, 3.63) is 53.8 Å². The predicted molar refractivity (Wildman–Crippen MR) is 78.4 cm³/mol. The van der Waals surface area contributed by atoms with Gasteiger partial charge in [-0.1, -0.05) is 17.4 Å². The first-order valence-electron chi connectivity index (χ1n) is 5.85. The van der Waals surface area contributed by atoms with Gasteiger partial charge in [-0.3, -0.25) is 10.1 Å². The first-order valence-corrected chi connectivity index (χ1v) is 6.66. The molecular formula is C14H10FN3OS. The number of hydrogen-bond donors (Lipinski definition) is 2. The second kappa shape index (κ2) is 4.90. The third kappa shape index (κ3) is 2.46. The summed E-state index contributed by atoms with van der Waals surface area (Å²) in [5, 5.41) is 3.11. The van der Waals surface area contributed by atoms with Gasteiger partial charge in [0, 0.05) is 11.3 Å². The van der Waals surface area contributed by atoms with Crippen LogP contribution in [0.15, 0.2) is 42.5 Å². The topological polar surface area (TPSA) is 68.0 Å². The van der Waals surface area contributed by atoms with E-state index in [-0.39, 0.29) is 5.56 Å². The minimum absolute atomic E-state index is 0.253. The Kier molecular flexibility index (Phi) is 3.08. The van der Waals surface area contributed by atoms with Gasteiger partial charge in [0.1, 0.15) is 5.82 Å². The molecule has 0 saturated carbocycles. The van der Waals surface area contributed by atoms with Crippen molar-refractivity contribution in [3.8, 4) is 0 Å². The third-order valence-electron chi connectivity index (χ3n) is 2.72. The van der Waals surface area contributed by atoms with Crippen molar-refractivity contribution >= 4 is 38.3 Å². The third-order valence-corrected chi connectivity index (χ3v) is 3.65. The van der Waals surface area contributed by atoms with E-state index >= 15 is 0 Å². The summed E-state index contributed by atoms with van der Waals surface area (Å²) in [5.41, 5.74) is 7.35. The smallest absolute Gasteiger partial charge is 0.257 e. The second-order valence-corrected chi connectivity index (χ2v) is 5.24. The number of aromatic nitrogens is 1. The first kappa shape index (κ1) is 12.6. The summed E-state index contributed by atoms with van der Waals surface area (Å²) in [5.74, 6) is -0.841. The fourth-order valence-electron chi connectivity index (χ4n) is 1.79. The molecule has 0 atom stereocenters. The van der Waals surface area contributed by atoms with Crippen LogP contribution in [0.25, 0.3) is 10.2 Å². The molecule has 0 aliphatic rings. The lowest BCUT2D eigenvalue weighted by Crippen LogP contribution is -2.11. The summed E-state index contributed by atoms with van der Waals surface area (Å²) in [7, 11) is 0. The van der Waals surface area contributed by atoms with E-state index in [1.165, 1.54) is 29.5 Å². The summed E-state index contributed by atoms with van der Waals surface area (Å²) in [6.45, 7) is 0. The predicted octanol–water partition coefficient (Wildman–Crippen LogP) is 3.27. The molecule has 1 heterocycles. The molecular weight excluding hydrogens is 277 g/mol. The van der Waals surface area contributed by atoms with Crippen LogP contribution < -0.4 is 11.1 Å². The van der Waals surface area contributed by atoms with Crippen LogP contribution in [-0.2, 0) is 0 Å². The monoisotopic (exact) mass is 287 g/mol. The van der Waals surface area contributed by atoms with E-state index in [2.05, 4.69) is 10.3 Å². The van der Waals surface area contributed by atoms with Gasteiger partial charge >= 0.3 is 0 Å². The van der Waals surface area contributed by atoms with Crippen molar-refractivity contribution in [2.24, 2.45) is 0 Å². The molecule has 100 valence electrons. The molecule has 3 aromatic rings. The largest absolute Gasteiger partial charge is 0.399 e. The van der Waals surface area contributed by atoms with Crippen molar-refractivity contribution in [1.82, 2.24) is 4.98 Å². The number of thiazole rings is 1. The molecule has 0 saturated heterocycles. The Bertz CT molecular complexity index is 800. The SMILES string of the molecule is Nc1ccc2nc(NC(=O)c3cccc(F)c3)sc2c1. The number of carbonyl (C=O) groups excluding carboxylic acids is 1. The van der Waals surface area contributed by atoms with Crippen LogP contribution in [0.1, 0.15) is 10.4 Å². The Morgan fingerprint density at radius 1 is 1.25 bits per heavy atom. The maximum absolute atomic E-state index is 13.1. The van der Waals surface area contributed by atoms with Crippen molar-refractivity contribution in [3.63, 3.8) is 0 Å². The summed E-state index contributed by atoms with van der Waals surface area (Å²) in [4.78, 5) is 16.3. The fraction of sp³-hybridized carbons (Fsp3) is 0. The van der Waals surface area contributed by atoms with Crippen molar-refractivity contribution in [2.75, 3.05) is 11.1 Å². The highest BCUT2D eigenvalue weighted by molar-refractivity contribution is 7.22. The number of nitrogen functional groups attached to an aromatic ring is 1. The van der Waals surface area contributed by atoms with E-state index < -0.39 is 11.7 Å². The molecule has 0 aliphatic heterocycles. The van der Waals surface area contributed by atoms with E-state index in [1.54, 1.807) is 24.3 Å². The minimum Gasteiger partial charge on any atom is -0.399 e. The molecule has 0 radical (unpaired) electrons. The second-order valence-electron chi connectivity index (χ2n) is 4.21. The summed E-state index contributed by atoms with van der Waals surface area (Å²) < 4.78 is 14.0.